The lowest BCUT2D eigenvalue weighted by Gasteiger charge is -2.26. The van der Waals surface area contributed by atoms with Crippen molar-refractivity contribution >= 4 is 27.6 Å². The molecule has 0 saturated heterocycles. The summed E-state index contributed by atoms with van der Waals surface area (Å²) < 4.78 is 40.3. The van der Waals surface area contributed by atoms with Crippen LogP contribution < -0.4 is 4.72 Å². The van der Waals surface area contributed by atoms with Crippen LogP contribution in [0.4, 0.5) is 4.39 Å². The predicted molar refractivity (Wildman–Crippen MR) is 80.6 cm³/mol. The first-order valence-corrected chi connectivity index (χ1v) is 8.96. The minimum absolute atomic E-state index is 0.0132. The number of benzene rings is 1. The molecule has 0 spiro atoms. The van der Waals surface area contributed by atoms with Crippen molar-refractivity contribution in [3.63, 3.8) is 0 Å². The van der Waals surface area contributed by atoms with Crippen molar-refractivity contribution in [2.24, 2.45) is 5.92 Å². The Balaban J connectivity index is 1.97. The van der Waals surface area contributed by atoms with E-state index in [1.807, 2.05) is 0 Å². The SMILES string of the molecule is O=C(O)C1CCC(NS(=O)(=O)Cc2cc(Cl)ccc2F)CC1. The topological polar surface area (TPSA) is 83.5 Å². The van der Waals surface area contributed by atoms with E-state index in [4.69, 9.17) is 16.7 Å². The monoisotopic (exact) mass is 349 g/mol. The number of halogens is 2. The molecular weight excluding hydrogens is 333 g/mol. The van der Waals surface area contributed by atoms with Gasteiger partial charge in [-0.25, -0.2) is 17.5 Å². The number of nitrogens with one attached hydrogen (secondary N) is 1. The highest BCUT2D eigenvalue weighted by molar-refractivity contribution is 7.88. The van der Waals surface area contributed by atoms with Gasteiger partial charge < -0.3 is 5.11 Å². The minimum atomic E-state index is -3.71. The van der Waals surface area contributed by atoms with E-state index in [2.05, 4.69) is 4.72 Å². The average molecular weight is 350 g/mol. The number of carbonyl (C=O) groups is 1. The lowest BCUT2D eigenvalue weighted by molar-refractivity contribution is -0.142. The van der Waals surface area contributed by atoms with E-state index >= 15 is 0 Å². The number of aliphatic carboxylic acids is 1. The highest BCUT2D eigenvalue weighted by atomic mass is 35.5. The lowest BCUT2D eigenvalue weighted by atomic mass is 9.87. The zero-order valence-corrected chi connectivity index (χ0v) is 13.3. The van der Waals surface area contributed by atoms with Crippen LogP contribution in [-0.4, -0.2) is 25.5 Å². The second-order valence-electron chi connectivity index (χ2n) is 5.50. The lowest BCUT2D eigenvalue weighted by Crippen LogP contribution is -2.39. The smallest absolute Gasteiger partial charge is 0.306 e. The summed E-state index contributed by atoms with van der Waals surface area (Å²) in [5.74, 6) is -2.36. The van der Waals surface area contributed by atoms with Gasteiger partial charge in [0.2, 0.25) is 10.0 Å². The van der Waals surface area contributed by atoms with E-state index in [9.17, 15) is 17.6 Å². The van der Waals surface area contributed by atoms with Crippen LogP contribution in [0, 0.1) is 11.7 Å². The standard InChI is InChI=1S/C14H17ClFNO4S/c15-11-3-6-13(16)10(7-11)8-22(20,21)17-12-4-1-9(2-5-12)14(18)19/h3,6-7,9,12,17H,1-2,4-5,8H2,(H,18,19). The Hall–Kier alpha value is -1.18. The van der Waals surface area contributed by atoms with Gasteiger partial charge in [0.15, 0.2) is 0 Å². The summed E-state index contributed by atoms with van der Waals surface area (Å²) in [6, 6.07) is 3.47. The maximum absolute atomic E-state index is 13.6. The third kappa shape index (κ3) is 4.66. The summed E-state index contributed by atoms with van der Waals surface area (Å²) >= 11 is 5.75. The van der Waals surface area contributed by atoms with E-state index in [0.717, 1.165) is 6.07 Å². The maximum atomic E-state index is 13.6. The number of hydrogen-bond acceptors (Lipinski definition) is 3. The Morgan fingerprint density at radius 1 is 1.32 bits per heavy atom. The molecule has 1 aromatic rings. The van der Waals surface area contributed by atoms with Gasteiger partial charge in [0.05, 0.1) is 11.7 Å². The van der Waals surface area contributed by atoms with Gasteiger partial charge in [-0.2, -0.15) is 0 Å². The van der Waals surface area contributed by atoms with Gasteiger partial charge in [-0.05, 0) is 43.9 Å². The molecule has 0 amide bonds. The van der Waals surface area contributed by atoms with E-state index in [1.165, 1.54) is 12.1 Å². The number of carboxylic acid groups (broad SMARTS) is 1. The second-order valence-corrected chi connectivity index (χ2v) is 7.69. The zero-order chi connectivity index (χ0) is 16.3. The fourth-order valence-electron chi connectivity index (χ4n) is 2.61. The molecule has 2 N–H and O–H groups in total. The molecular formula is C14H17ClFNO4S. The Kier molecular flexibility index (Phi) is 5.41. The number of sulfonamides is 1. The summed E-state index contributed by atoms with van der Waals surface area (Å²) in [6.45, 7) is 0. The number of rotatable bonds is 5. The third-order valence-corrected chi connectivity index (χ3v) is 5.39. The fourth-order valence-corrected chi connectivity index (χ4v) is 4.26. The molecule has 2 rings (SSSR count). The summed E-state index contributed by atoms with van der Waals surface area (Å²) in [5.41, 5.74) is 0.0132. The minimum Gasteiger partial charge on any atom is -0.481 e. The fraction of sp³-hybridized carbons (Fsp3) is 0.500. The molecule has 1 aliphatic rings. The van der Waals surface area contributed by atoms with Crippen LogP contribution in [0.25, 0.3) is 0 Å². The highest BCUT2D eigenvalue weighted by Crippen LogP contribution is 2.25. The Labute approximate surface area is 133 Å². The third-order valence-electron chi connectivity index (χ3n) is 3.78. The number of carboxylic acids is 1. The van der Waals surface area contributed by atoms with Crippen molar-refractivity contribution in [1.82, 2.24) is 4.72 Å². The largest absolute Gasteiger partial charge is 0.481 e. The second kappa shape index (κ2) is 6.93. The van der Waals surface area contributed by atoms with Crippen LogP contribution >= 0.6 is 11.6 Å². The first kappa shape index (κ1) is 17.2. The first-order valence-electron chi connectivity index (χ1n) is 6.93. The highest BCUT2D eigenvalue weighted by Gasteiger charge is 2.28. The molecule has 0 aromatic heterocycles. The van der Waals surface area contributed by atoms with Crippen molar-refractivity contribution in [2.75, 3.05) is 0 Å². The first-order chi connectivity index (χ1) is 10.3. The molecule has 0 atom stereocenters. The van der Waals surface area contributed by atoms with Crippen molar-refractivity contribution in [2.45, 2.75) is 37.5 Å². The Morgan fingerprint density at radius 2 is 1.95 bits per heavy atom. The van der Waals surface area contributed by atoms with Crippen molar-refractivity contribution in [3.8, 4) is 0 Å². The van der Waals surface area contributed by atoms with E-state index < -0.39 is 33.5 Å². The molecule has 8 heteroatoms. The van der Waals surface area contributed by atoms with Gasteiger partial charge in [0.1, 0.15) is 5.82 Å². The van der Waals surface area contributed by atoms with Gasteiger partial charge in [-0.15, -0.1) is 0 Å². The van der Waals surface area contributed by atoms with Crippen LogP contribution in [0.15, 0.2) is 18.2 Å². The van der Waals surface area contributed by atoms with Crippen LogP contribution in [0.1, 0.15) is 31.2 Å². The molecule has 1 aromatic carbocycles. The van der Waals surface area contributed by atoms with Gasteiger partial charge in [-0.3, -0.25) is 4.79 Å². The number of hydrogen-bond donors (Lipinski definition) is 2. The molecule has 1 aliphatic carbocycles. The average Bonchev–Trinajstić information content (AvgIpc) is 2.42. The summed E-state index contributed by atoms with van der Waals surface area (Å²) in [6.07, 6.45) is 1.81. The van der Waals surface area contributed by atoms with Crippen LogP contribution in [-0.2, 0) is 20.6 Å². The molecule has 5 nitrogen and oxygen atoms in total. The quantitative estimate of drug-likeness (QED) is 0.855. The van der Waals surface area contributed by atoms with Crippen LogP contribution in [0.2, 0.25) is 5.02 Å². The van der Waals surface area contributed by atoms with Gasteiger partial charge in [0.25, 0.3) is 0 Å². The van der Waals surface area contributed by atoms with Gasteiger partial charge in [0, 0.05) is 16.6 Å². The van der Waals surface area contributed by atoms with E-state index in [-0.39, 0.29) is 16.6 Å². The normalized spacial score (nSPS) is 22.5. The van der Waals surface area contributed by atoms with Crippen molar-refractivity contribution in [1.29, 1.82) is 0 Å². The predicted octanol–water partition coefficient (Wildman–Crippen LogP) is 2.54. The van der Waals surface area contributed by atoms with Crippen molar-refractivity contribution < 1.29 is 22.7 Å². The zero-order valence-electron chi connectivity index (χ0n) is 11.8. The van der Waals surface area contributed by atoms with E-state index in [0.29, 0.717) is 25.7 Å². The van der Waals surface area contributed by atoms with Crippen LogP contribution in [0.5, 0.6) is 0 Å². The summed E-state index contributed by atoms with van der Waals surface area (Å²) in [5, 5.41) is 9.19. The summed E-state index contributed by atoms with van der Waals surface area (Å²) in [4.78, 5) is 10.9. The molecule has 1 fully saturated rings. The van der Waals surface area contributed by atoms with Crippen LogP contribution in [0.3, 0.4) is 0 Å². The molecule has 122 valence electrons. The molecule has 0 aliphatic heterocycles. The van der Waals surface area contributed by atoms with Gasteiger partial charge in [-0.1, -0.05) is 11.6 Å². The maximum Gasteiger partial charge on any atom is 0.306 e. The molecule has 0 unspecified atom stereocenters. The van der Waals surface area contributed by atoms with Gasteiger partial charge >= 0.3 is 5.97 Å². The van der Waals surface area contributed by atoms with E-state index in [1.54, 1.807) is 0 Å². The molecule has 0 bridgehead atoms. The van der Waals surface area contributed by atoms with Crippen molar-refractivity contribution in [3.05, 3.63) is 34.6 Å². The summed E-state index contributed by atoms with van der Waals surface area (Å²) in [7, 11) is -3.71. The molecule has 1 saturated carbocycles. The molecule has 22 heavy (non-hydrogen) atoms. The Bertz CT molecular complexity index is 657. The molecule has 0 heterocycles. The Morgan fingerprint density at radius 3 is 2.55 bits per heavy atom. The molecule has 0 radical (unpaired) electrons.